The number of allylic oxidation sites excluding steroid dienone is 1. The summed E-state index contributed by atoms with van der Waals surface area (Å²) in [4.78, 5) is 18.0. The van der Waals surface area contributed by atoms with Crippen LogP contribution in [0.3, 0.4) is 0 Å². The van der Waals surface area contributed by atoms with Crippen LogP contribution in [-0.2, 0) is 16.6 Å². The molecule has 2 aromatic carbocycles. The van der Waals surface area contributed by atoms with E-state index in [0.29, 0.717) is 35.9 Å². The Morgan fingerprint density at radius 3 is 2.53 bits per heavy atom. The maximum atomic E-state index is 12.9. The number of carbonyl (C=O) groups excluding carboxylic acids is 1. The Hall–Kier alpha value is -2.55. The maximum Gasteiger partial charge on any atom is 0.279 e. The van der Waals surface area contributed by atoms with Crippen LogP contribution in [0.1, 0.15) is 35.7 Å². The molecule has 32 heavy (non-hydrogen) atoms. The zero-order valence-corrected chi connectivity index (χ0v) is 20.0. The van der Waals surface area contributed by atoms with Crippen LogP contribution in [0, 0.1) is 12.8 Å². The Morgan fingerprint density at radius 2 is 1.88 bits per heavy atom. The lowest BCUT2D eigenvalue weighted by Crippen LogP contribution is -2.37. The second-order valence-electron chi connectivity index (χ2n) is 8.23. The van der Waals surface area contributed by atoms with Crippen LogP contribution in [0.2, 0.25) is 0 Å². The van der Waals surface area contributed by atoms with Crippen molar-refractivity contribution >= 4 is 37.5 Å². The van der Waals surface area contributed by atoms with E-state index in [1.165, 1.54) is 27.8 Å². The summed E-state index contributed by atoms with van der Waals surface area (Å²) in [6.07, 6.45) is 3.52. The molecule has 0 aliphatic carbocycles. The van der Waals surface area contributed by atoms with Crippen LogP contribution < -0.4 is 4.80 Å². The first kappa shape index (κ1) is 22.6. The molecule has 1 aliphatic heterocycles. The second-order valence-corrected chi connectivity index (χ2v) is 11.2. The molecule has 0 spiro atoms. The van der Waals surface area contributed by atoms with Crippen LogP contribution in [0.15, 0.2) is 65.0 Å². The van der Waals surface area contributed by atoms with Gasteiger partial charge in [0.05, 0.1) is 15.1 Å². The number of aromatic nitrogens is 1. The highest BCUT2D eigenvalue weighted by molar-refractivity contribution is 7.89. The lowest BCUT2D eigenvalue weighted by Gasteiger charge is -2.29. The number of aryl methyl sites for hydroxylation is 1. The van der Waals surface area contributed by atoms with E-state index in [-0.39, 0.29) is 4.90 Å². The highest BCUT2D eigenvalue weighted by Crippen LogP contribution is 2.24. The number of para-hydroxylation sites is 1. The standard InChI is InChI=1S/C24H27N3O3S2/c1-4-14-27-22-18(3)6-5-7-21(22)31-24(27)25-23(28)19-8-10-20(11-9-19)32(29,30)26-15-12-17(2)13-16-26/h4-11,17H,1,12-16H2,2-3H3. The number of hydrogen-bond acceptors (Lipinski definition) is 4. The van der Waals surface area contributed by atoms with E-state index in [1.807, 2.05) is 29.7 Å². The largest absolute Gasteiger partial charge is 0.312 e. The lowest BCUT2D eigenvalue weighted by atomic mass is 10.0. The molecule has 1 saturated heterocycles. The van der Waals surface area contributed by atoms with E-state index >= 15 is 0 Å². The number of thiazole rings is 1. The Labute approximate surface area is 192 Å². The van der Waals surface area contributed by atoms with Gasteiger partial charge in [0.2, 0.25) is 10.0 Å². The van der Waals surface area contributed by atoms with Crippen molar-refractivity contribution in [2.24, 2.45) is 10.9 Å². The Balaban J connectivity index is 1.64. The van der Waals surface area contributed by atoms with Gasteiger partial charge in [0.25, 0.3) is 5.91 Å². The number of piperidine rings is 1. The molecular weight excluding hydrogens is 442 g/mol. The molecule has 0 saturated carbocycles. The summed E-state index contributed by atoms with van der Waals surface area (Å²) < 4.78 is 30.4. The van der Waals surface area contributed by atoms with Gasteiger partial charge in [-0.25, -0.2) is 8.42 Å². The van der Waals surface area contributed by atoms with Gasteiger partial charge >= 0.3 is 0 Å². The fourth-order valence-corrected chi connectivity index (χ4v) is 6.57. The average Bonchev–Trinajstić information content (AvgIpc) is 3.12. The molecule has 8 heteroatoms. The number of benzene rings is 2. The van der Waals surface area contributed by atoms with Gasteiger partial charge in [-0.3, -0.25) is 4.79 Å². The third-order valence-corrected chi connectivity index (χ3v) is 8.85. The minimum absolute atomic E-state index is 0.211. The number of amides is 1. The molecule has 1 amide bonds. The zero-order chi connectivity index (χ0) is 22.9. The van der Waals surface area contributed by atoms with Gasteiger partial charge < -0.3 is 4.57 Å². The number of fused-ring (bicyclic) bond motifs is 1. The lowest BCUT2D eigenvalue weighted by molar-refractivity contribution is 0.0997. The molecule has 168 valence electrons. The van der Waals surface area contributed by atoms with Crippen molar-refractivity contribution < 1.29 is 13.2 Å². The molecule has 0 unspecified atom stereocenters. The third-order valence-electron chi connectivity index (χ3n) is 5.89. The maximum absolute atomic E-state index is 12.9. The summed E-state index contributed by atoms with van der Waals surface area (Å²) in [5, 5.41) is 0. The van der Waals surface area contributed by atoms with E-state index in [9.17, 15) is 13.2 Å². The predicted octanol–water partition coefficient (Wildman–Crippen LogP) is 4.36. The summed E-state index contributed by atoms with van der Waals surface area (Å²) >= 11 is 1.45. The SMILES string of the molecule is C=CCn1c(=NC(=O)c2ccc(S(=O)(=O)N3CCC(C)CC3)cc2)sc2cccc(C)c21. The summed E-state index contributed by atoms with van der Waals surface area (Å²) in [7, 11) is -3.54. The number of hydrogen-bond donors (Lipinski definition) is 0. The van der Waals surface area contributed by atoms with Gasteiger partial charge in [0.1, 0.15) is 0 Å². The van der Waals surface area contributed by atoms with Crippen molar-refractivity contribution in [2.45, 2.75) is 38.1 Å². The molecule has 4 rings (SSSR count). The minimum atomic E-state index is -3.54. The first-order valence-corrected chi connectivity index (χ1v) is 13.0. The average molecular weight is 470 g/mol. The Kier molecular flexibility index (Phi) is 6.46. The van der Waals surface area contributed by atoms with Crippen molar-refractivity contribution in [3.63, 3.8) is 0 Å². The Morgan fingerprint density at radius 1 is 1.19 bits per heavy atom. The molecule has 0 N–H and O–H groups in total. The summed E-state index contributed by atoms with van der Waals surface area (Å²) in [6, 6.07) is 12.1. The molecule has 2 heterocycles. The molecule has 1 fully saturated rings. The molecule has 0 radical (unpaired) electrons. The molecule has 3 aromatic rings. The van der Waals surface area contributed by atoms with Gasteiger partial charge in [-0.05, 0) is 61.6 Å². The van der Waals surface area contributed by atoms with Gasteiger partial charge in [-0.15, -0.1) is 6.58 Å². The van der Waals surface area contributed by atoms with Gasteiger partial charge in [-0.2, -0.15) is 9.30 Å². The number of carbonyl (C=O) groups is 1. The van der Waals surface area contributed by atoms with Crippen LogP contribution in [-0.4, -0.2) is 36.3 Å². The van der Waals surface area contributed by atoms with Crippen LogP contribution in [0.5, 0.6) is 0 Å². The van der Waals surface area contributed by atoms with Crippen molar-refractivity contribution in [2.75, 3.05) is 13.1 Å². The van der Waals surface area contributed by atoms with E-state index in [1.54, 1.807) is 18.2 Å². The first-order chi connectivity index (χ1) is 15.3. The van der Waals surface area contributed by atoms with E-state index in [0.717, 1.165) is 28.6 Å². The molecule has 6 nitrogen and oxygen atoms in total. The van der Waals surface area contributed by atoms with Gasteiger partial charge in [0.15, 0.2) is 4.80 Å². The minimum Gasteiger partial charge on any atom is -0.312 e. The van der Waals surface area contributed by atoms with Crippen molar-refractivity contribution in [1.29, 1.82) is 0 Å². The number of sulfonamides is 1. The van der Waals surface area contributed by atoms with Crippen LogP contribution in [0.4, 0.5) is 0 Å². The highest BCUT2D eigenvalue weighted by Gasteiger charge is 2.28. The molecule has 0 bridgehead atoms. The van der Waals surface area contributed by atoms with E-state index in [4.69, 9.17) is 0 Å². The summed E-state index contributed by atoms with van der Waals surface area (Å²) in [5.74, 6) is 0.146. The van der Waals surface area contributed by atoms with Crippen molar-refractivity contribution in [1.82, 2.24) is 8.87 Å². The highest BCUT2D eigenvalue weighted by atomic mass is 32.2. The molecular formula is C24H27N3O3S2. The second kappa shape index (κ2) is 9.13. The van der Waals surface area contributed by atoms with E-state index in [2.05, 4.69) is 18.5 Å². The topological polar surface area (TPSA) is 71.7 Å². The summed E-state index contributed by atoms with van der Waals surface area (Å²) in [6.45, 7) is 9.61. The van der Waals surface area contributed by atoms with E-state index < -0.39 is 15.9 Å². The van der Waals surface area contributed by atoms with Crippen molar-refractivity contribution in [3.8, 4) is 0 Å². The predicted molar refractivity (Wildman–Crippen MR) is 128 cm³/mol. The number of nitrogens with zero attached hydrogens (tertiary/aromatic N) is 3. The molecule has 1 aliphatic rings. The van der Waals surface area contributed by atoms with Gasteiger partial charge in [-0.1, -0.05) is 36.5 Å². The number of rotatable bonds is 5. The smallest absolute Gasteiger partial charge is 0.279 e. The molecule has 0 atom stereocenters. The third kappa shape index (κ3) is 4.35. The van der Waals surface area contributed by atoms with Crippen LogP contribution in [0.25, 0.3) is 10.2 Å². The van der Waals surface area contributed by atoms with Crippen molar-refractivity contribution in [3.05, 3.63) is 71.0 Å². The first-order valence-electron chi connectivity index (χ1n) is 10.7. The zero-order valence-electron chi connectivity index (χ0n) is 18.3. The summed E-state index contributed by atoms with van der Waals surface area (Å²) in [5.41, 5.74) is 2.51. The van der Waals surface area contributed by atoms with Gasteiger partial charge in [0, 0.05) is 25.2 Å². The molecule has 1 aromatic heterocycles. The fraction of sp³-hybridized carbons (Fsp3) is 0.333. The fourth-order valence-electron chi connectivity index (χ4n) is 3.99. The monoisotopic (exact) mass is 469 g/mol. The Bertz CT molecular complexity index is 1330. The normalized spacial score (nSPS) is 16.5. The van der Waals surface area contributed by atoms with Crippen LogP contribution >= 0.6 is 11.3 Å². The quantitative estimate of drug-likeness (QED) is 0.521.